The number of rotatable bonds is 4. The highest BCUT2D eigenvalue weighted by molar-refractivity contribution is 9.11. The number of anilines is 1. The van der Waals surface area contributed by atoms with E-state index in [0.717, 1.165) is 20.2 Å². The molecule has 1 N–H and O–H groups in total. The lowest BCUT2D eigenvalue weighted by molar-refractivity contribution is 0.0954. The largest absolute Gasteiger partial charge is 0.377 e. The summed E-state index contributed by atoms with van der Waals surface area (Å²) in [6.07, 6.45) is 1.61. The van der Waals surface area contributed by atoms with Gasteiger partial charge in [0.2, 0.25) is 0 Å². The van der Waals surface area contributed by atoms with Gasteiger partial charge in [-0.15, -0.1) is 0 Å². The standard InChI is InChI=1S/C16H15Br2N3O/c1-21(2)15-8-7-11(9-14(15)18)10-19-20-16(22)12-5-3-4-6-13(12)17/h3-10H,1-2H3,(H,20,22)/b19-10+. The van der Waals surface area contributed by atoms with Gasteiger partial charge < -0.3 is 4.90 Å². The molecule has 114 valence electrons. The fourth-order valence-corrected chi connectivity index (χ4v) is 3.05. The third-order valence-corrected chi connectivity index (χ3v) is 4.28. The van der Waals surface area contributed by atoms with Crippen molar-refractivity contribution in [3.63, 3.8) is 0 Å². The van der Waals surface area contributed by atoms with Gasteiger partial charge in [0.05, 0.1) is 17.5 Å². The highest BCUT2D eigenvalue weighted by Crippen LogP contribution is 2.25. The first-order valence-corrected chi connectivity index (χ1v) is 8.12. The predicted molar refractivity (Wildman–Crippen MR) is 97.7 cm³/mol. The van der Waals surface area contributed by atoms with Crippen molar-refractivity contribution in [1.82, 2.24) is 5.43 Å². The van der Waals surface area contributed by atoms with E-state index in [1.165, 1.54) is 0 Å². The molecule has 0 saturated heterocycles. The van der Waals surface area contributed by atoms with Crippen LogP contribution in [0.4, 0.5) is 5.69 Å². The smallest absolute Gasteiger partial charge is 0.272 e. The van der Waals surface area contributed by atoms with Gasteiger partial charge in [-0.1, -0.05) is 18.2 Å². The van der Waals surface area contributed by atoms with Crippen molar-refractivity contribution in [2.75, 3.05) is 19.0 Å². The molecule has 0 atom stereocenters. The van der Waals surface area contributed by atoms with Crippen LogP contribution >= 0.6 is 31.9 Å². The van der Waals surface area contributed by atoms with Crippen molar-refractivity contribution in [2.24, 2.45) is 5.10 Å². The molecule has 0 fully saturated rings. The number of nitrogens with one attached hydrogen (secondary N) is 1. The first kappa shape index (κ1) is 16.7. The molecule has 4 nitrogen and oxygen atoms in total. The zero-order chi connectivity index (χ0) is 16.1. The minimum atomic E-state index is -0.257. The van der Waals surface area contributed by atoms with Gasteiger partial charge in [0.25, 0.3) is 5.91 Å². The maximum absolute atomic E-state index is 12.0. The summed E-state index contributed by atoms with van der Waals surface area (Å²) in [6.45, 7) is 0. The minimum Gasteiger partial charge on any atom is -0.377 e. The molecule has 0 bridgehead atoms. The SMILES string of the molecule is CN(C)c1ccc(/C=N/NC(=O)c2ccccc2Br)cc1Br. The van der Waals surface area contributed by atoms with E-state index in [1.807, 2.05) is 49.3 Å². The van der Waals surface area contributed by atoms with Crippen LogP contribution in [0.15, 0.2) is 56.5 Å². The number of hydrogen-bond donors (Lipinski definition) is 1. The lowest BCUT2D eigenvalue weighted by atomic mass is 10.2. The maximum atomic E-state index is 12.0. The van der Waals surface area contributed by atoms with Crippen LogP contribution in [0.1, 0.15) is 15.9 Å². The molecule has 0 spiro atoms. The van der Waals surface area contributed by atoms with Gasteiger partial charge in [0, 0.05) is 23.0 Å². The van der Waals surface area contributed by atoms with Gasteiger partial charge in [-0.2, -0.15) is 5.10 Å². The summed E-state index contributed by atoms with van der Waals surface area (Å²) in [6, 6.07) is 13.1. The Morgan fingerprint density at radius 2 is 1.86 bits per heavy atom. The van der Waals surface area contributed by atoms with Gasteiger partial charge in [-0.25, -0.2) is 5.43 Å². The van der Waals surface area contributed by atoms with Crippen LogP contribution in [-0.4, -0.2) is 26.2 Å². The number of benzene rings is 2. The Balaban J connectivity index is 2.05. The molecule has 0 saturated carbocycles. The zero-order valence-electron chi connectivity index (χ0n) is 12.2. The highest BCUT2D eigenvalue weighted by atomic mass is 79.9. The molecular formula is C16H15Br2N3O. The second kappa shape index (κ2) is 7.56. The second-order valence-corrected chi connectivity index (χ2v) is 6.49. The molecule has 1 amide bonds. The molecule has 2 aromatic carbocycles. The fraction of sp³-hybridized carbons (Fsp3) is 0.125. The van der Waals surface area contributed by atoms with E-state index < -0.39 is 0 Å². The lowest BCUT2D eigenvalue weighted by Crippen LogP contribution is -2.18. The first-order valence-electron chi connectivity index (χ1n) is 6.54. The molecule has 0 aromatic heterocycles. The van der Waals surface area contributed by atoms with Crippen LogP contribution < -0.4 is 10.3 Å². The van der Waals surface area contributed by atoms with E-state index in [-0.39, 0.29) is 5.91 Å². The van der Waals surface area contributed by atoms with Gasteiger partial charge in [-0.05, 0) is 61.7 Å². The number of hydrazone groups is 1. The van der Waals surface area contributed by atoms with Crippen LogP contribution in [0.5, 0.6) is 0 Å². The summed E-state index contributed by atoms with van der Waals surface area (Å²) in [5, 5.41) is 3.99. The van der Waals surface area contributed by atoms with Gasteiger partial charge >= 0.3 is 0 Å². The van der Waals surface area contributed by atoms with Crippen LogP contribution in [0, 0.1) is 0 Å². The molecule has 22 heavy (non-hydrogen) atoms. The summed E-state index contributed by atoms with van der Waals surface area (Å²) in [7, 11) is 3.96. The topological polar surface area (TPSA) is 44.7 Å². The lowest BCUT2D eigenvalue weighted by Gasteiger charge is -2.14. The van der Waals surface area contributed by atoms with Crippen LogP contribution in [0.2, 0.25) is 0 Å². The molecule has 0 aliphatic rings. The predicted octanol–water partition coefficient (Wildman–Crippen LogP) is 4.04. The fourth-order valence-electron chi connectivity index (χ4n) is 1.84. The Labute approximate surface area is 146 Å². The Morgan fingerprint density at radius 3 is 2.50 bits per heavy atom. The number of carbonyl (C=O) groups excluding carboxylic acids is 1. The quantitative estimate of drug-likeness (QED) is 0.594. The average molecular weight is 425 g/mol. The Morgan fingerprint density at radius 1 is 1.14 bits per heavy atom. The average Bonchev–Trinajstić information content (AvgIpc) is 2.47. The van der Waals surface area contributed by atoms with Crippen molar-refractivity contribution in [2.45, 2.75) is 0 Å². The molecule has 6 heteroatoms. The molecule has 0 radical (unpaired) electrons. The van der Waals surface area contributed by atoms with Gasteiger partial charge in [0.1, 0.15) is 0 Å². The number of carbonyl (C=O) groups is 1. The Bertz CT molecular complexity index is 714. The van der Waals surface area contributed by atoms with Crippen molar-refractivity contribution in [1.29, 1.82) is 0 Å². The number of hydrogen-bond acceptors (Lipinski definition) is 3. The summed E-state index contributed by atoms with van der Waals surface area (Å²) in [5.41, 5.74) is 5.04. The maximum Gasteiger partial charge on any atom is 0.272 e. The van der Waals surface area contributed by atoms with E-state index in [0.29, 0.717) is 5.56 Å². The van der Waals surface area contributed by atoms with Crippen molar-refractivity contribution in [3.05, 3.63) is 62.5 Å². The summed E-state index contributed by atoms with van der Waals surface area (Å²) in [4.78, 5) is 14.0. The minimum absolute atomic E-state index is 0.257. The third kappa shape index (κ3) is 4.18. The molecule has 0 unspecified atom stereocenters. The van der Waals surface area contributed by atoms with E-state index >= 15 is 0 Å². The van der Waals surface area contributed by atoms with Gasteiger partial charge in [0.15, 0.2) is 0 Å². The summed E-state index contributed by atoms with van der Waals surface area (Å²) in [5.74, 6) is -0.257. The molecule has 0 aliphatic carbocycles. The number of halogens is 2. The van der Waals surface area contributed by atoms with Crippen LogP contribution in [-0.2, 0) is 0 Å². The van der Waals surface area contributed by atoms with Crippen LogP contribution in [0.25, 0.3) is 0 Å². The summed E-state index contributed by atoms with van der Waals surface area (Å²) < 4.78 is 1.71. The molecule has 2 rings (SSSR count). The molecular weight excluding hydrogens is 410 g/mol. The van der Waals surface area contributed by atoms with E-state index in [2.05, 4.69) is 42.4 Å². The van der Waals surface area contributed by atoms with E-state index in [1.54, 1.807) is 18.3 Å². The summed E-state index contributed by atoms with van der Waals surface area (Å²) >= 11 is 6.86. The van der Waals surface area contributed by atoms with Crippen molar-refractivity contribution in [3.8, 4) is 0 Å². The third-order valence-electron chi connectivity index (χ3n) is 2.95. The first-order chi connectivity index (χ1) is 10.5. The molecule has 2 aromatic rings. The zero-order valence-corrected chi connectivity index (χ0v) is 15.3. The van der Waals surface area contributed by atoms with E-state index in [4.69, 9.17) is 0 Å². The Kier molecular flexibility index (Phi) is 5.74. The number of nitrogens with zero attached hydrogens (tertiary/aromatic N) is 2. The van der Waals surface area contributed by atoms with E-state index in [9.17, 15) is 4.79 Å². The highest BCUT2D eigenvalue weighted by Gasteiger charge is 2.07. The Hall–Kier alpha value is -1.66. The van der Waals surface area contributed by atoms with Crippen molar-refractivity contribution < 1.29 is 4.79 Å². The number of amides is 1. The van der Waals surface area contributed by atoms with Gasteiger partial charge in [-0.3, -0.25) is 4.79 Å². The van der Waals surface area contributed by atoms with Crippen molar-refractivity contribution >= 4 is 49.7 Å². The van der Waals surface area contributed by atoms with Crippen LogP contribution in [0.3, 0.4) is 0 Å². The second-order valence-electron chi connectivity index (χ2n) is 4.78. The normalized spacial score (nSPS) is 10.7. The molecule has 0 aliphatic heterocycles. The monoisotopic (exact) mass is 423 g/mol. The molecule has 0 heterocycles.